The largest absolute Gasteiger partial charge is 0.416 e. The average molecular weight is 286 g/mol. The molecule has 0 bridgehead atoms. The van der Waals surface area contributed by atoms with E-state index >= 15 is 0 Å². The normalized spacial score (nSPS) is 17.5. The van der Waals surface area contributed by atoms with Gasteiger partial charge in [-0.15, -0.1) is 0 Å². The molecule has 0 radical (unpaired) electrons. The molecule has 1 unspecified atom stereocenters. The third kappa shape index (κ3) is 4.21. The van der Waals surface area contributed by atoms with Gasteiger partial charge in [0.15, 0.2) is 0 Å². The van der Waals surface area contributed by atoms with Crippen molar-refractivity contribution in [2.45, 2.75) is 44.6 Å². The van der Waals surface area contributed by atoms with Crippen molar-refractivity contribution in [3.8, 4) is 0 Å². The second-order valence-electron chi connectivity index (χ2n) is 5.57. The zero-order valence-corrected chi connectivity index (χ0v) is 11.9. The standard InChI is InChI=1S/C15H21F3N2/c1-11(20(2)14-6-7-14)9-19-10-12-4-3-5-13(8-12)15(16,17)18/h3-5,8,11,14,19H,6-7,9-10H2,1-2H3. The van der Waals surface area contributed by atoms with Crippen LogP contribution in [0, 0.1) is 0 Å². The van der Waals surface area contributed by atoms with Gasteiger partial charge >= 0.3 is 6.18 Å². The third-order valence-corrected chi connectivity index (χ3v) is 3.84. The van der Waals surface area contributed by atoms with Gasteiger partial charge in [0.1, 0.15) is 0 Å². The molecule has 1 aromatic rings. The second-order valence-corrected chi connectivity index (χ2v) is 5.57. The zero-order chi connectivity index (χ0) is 14.8. The number of halogens is 3. The fourth-order valence-corrected chi connectivity index (χ4v) is 2.27. The summed E-state index contributed by atoms with van der Waals surface area (Å²) >= 11 is 0. The summed E-state index contributed by atoms with van der Waals surface area (Å²) in [7, 11) is 2.11. The third-order valence-electron chi connectivity index (χ3n) is 3.84. The van der Waals surface area contributed by atoms with Crippen molar-refractivity contribution in [2.75, 3.05) is 13.6 Å². The second kappa shape index (κ2) is 6.14. The molecule has 112 valence electrons. The maximum Gasteiger partial charge on any atom is 0.416 e. The van der Waals surface area contributed by atoms with Crippen LogP contribution in [0.4, 0.5) is 13.2 Å². The average Bonchev–Trinajstić information content (AvgIpc) is 3.21. The minimum atomic E-state index is -4.27. The molecule has 0 aromatic heterocycles. The van der Waals surface area contributed by atoms with E-state index in [1.807, 2.05) is 0 Å². The van der Waals surface area contributed by atoms with Crippen LogP contribution in [0.5, 0.6) is 0 Å². The molecule has 1 aliphatic carbocycles. The number of hydrogen-bond acceptors (Lipinski definition) is 2. The molecule has 1 aliphatic rings. The van der Waals surface area contributed by atoms with Crippen molar-refractivity contribution in [3.63, 3.8) is 0 Å². The van der Waals surface area contributed by atoms with E-state index in [2.05, 4.69) is 24.2 Å². The lowest BCUT2D eigenvalue weighted by Gasteiger charge is -2.24. The van der Waals surface area contributed by atoms with Crippen LogP contribution in [0.15, 0.2) is 24.3 Å². The Morgan fingerprint density at radius 3 is 2.65 bits per heavy atom. The van der Waals surface area contributed by atoms with Gasteiger partial charge in [-0.1, -0.05) is 18.2 Å². The highest BCUT2D eigenvalue weighted by atomic mass is 19.4. The molecule has 1 fully saturated rings. The van der Waals surface area contributed by atoms with Crippen LogP contribution in [-0.2, 0) is 12.7 Å². The van der Waals surface area contributed by atoms with Crippen molar-refractivity contribution in [1.82, 2.24) is 10.2 Å². The molecule has 0 spiro atoms. The van der Waals surface area contributed by atoms with Gasteiger partial charge in [-0.3, -0.25) is 4.90 Å². The van der Waals surface area contributed by atoms with Crippen LogP contribution in [0.3, 0.4) is 0 Å². The lowest BCUT2D eigenvalue weighted by Crippen LogP contribution is -2.38. The maximum absolute atomic E-state index is 12.6. The fraction of sp³-hybridized carbons (Fsp3) is 0.600. The van der Waals surface area contributed by atoms with Crippen LogP contribution in [0.2, 0.25) is 0 Å². The van der Waals surface area contributed by atoms with Crippen molar-refractivity contribution in [2.24, 2.45) is 0 Å². The lowest BCUT2D eigenvalue weighted by atomic mass is 10.1. The van der Waals surface area contributed by atoms with Gasteiger partial charge in [0.05, 0.1) is 5.56 Å². The molecule has 20 heavy (non-hydrogen) atoms. The van der Waals surface area contributed by atoms with Crippen LogP contribution in [0.25, 0.3) is 0 Å². The van der Waals surface area contributed by atoms with Crippen LogP contribution >= 0.6 is 0 Å². The molecule has 0 aliphatic heterocycles. The maximum atomic E-state index is 12.6. The molecule has 1 N–H and O–H groups in total. The molecule has 1 saturated carbocycles. The Labute approximate surface area is 118 Å². The van der Waals surface area contributed by atoms with E-state index in [1.54, 1.807) is 6.07 Å². The molecule has 5 heteroatoms. The summed E-state index contributed by atoms with van der Waals surface area (Å²) in [6.45, 7) is 3.38. The van der Waals surface area contributed by atoms with E-state index in [0.29, 0.717) is 24.2 Å². The monoisotopic (exact) mass is 286 g/mol. The van der Waals surface area contributed by atoms with Gasteiger partial charge in [0, 0.05) is 25.2 Å². The van der Waals surface area contributed by atoms with Crippen LogP contribution in [-0.4, -0.2) is 30.6 Å². The van der Waals surface area contributed by atoms with Crippen LogP contribution < -0.4 is 5.32 Å². The Morgan fingerprint density at radius 1 is 1.35 bits per heavy atom. The number of hydrogen-bond donors (Lipinski definition) is 1. The van der Waals surface area contributed by atoms with Gasteiger partial charge in [-0.2, -0.15) is 13.2 Å². The first kappa shape index (κ1) is 15.3. The van der Waals surface area contributed by atoms with Crippen molar-refractivity contribution in [3.05, 3.63) is 35.4 Å². The Morgan fingerprint density at radius 2 is 2.05 bits per heavy atom. The number of benzene rings is 1. The van der Waals surface area contributed by atoms with E-state index in [-0.39, 0.29) is 0 Å². The number of nitrogens with zero attached hydrogens (tertiary/aromatic N) is 1. The topological polar surface area (TPSA) is 15.3 Å². The van der Waals surface area contributed by atoms with E-state index in [0.717, 1.165) is 12.6 Å². The number of likely N-dealkylation sites (N-methyl/N-ethyl adjacent to an activating group) is 1. The molecular weight excluding hydrogens is 265 g/mol. The van der Waals surface area contributed by atoms with Crippen molar-refractivity contribution in [1.29, 1.82) is 0 Å². The molecule has 0 amide bonds. The summed E-state index contributed by atoms with van der Waals surface area (Å²) in [4.78, 5) is 2.33. The SMILES string of the molecule is CC(CNCc1cccc(C(F)(F)F)c1)N(C)C1CC1. The van der Waals surface area contributed by atoms with Gasteiger partial charge in [0.25, 0.3) is 0 Å². The molecule has 2 nitrogen and oxygen atoms in total. The van der Waals surface area contributed by atoms with E-state index < -0.39 is 11.7 Å². The molecule has 1 aromatic carbocycles. The zero-order valence-electron chi connectivity index (χ0n) is 11.9. The van der Waals surface area contributed by atoms with Gasteiger partial charge in [-0.05, 0) is 38.4 Å². The van der Waals surface area contributed by atoms with E-state index in [1.165, 1.54) is 25.0 Å². The summed E-state index contributed by atoms with van der Waals surface area (Å²) in [6.07, 6.45) is -1.75. The highest BCUT2D eigenvalue weighted by Crippen LogP contribution is 2.29. The Kier molecular flexibility index (Phi) is 4.70. The number of rotatable bonds is 6. The summed E-state index contributed by atoms with van der Waals surface area (Å²) in [6, 6.07) is 6.58. The number of nitrogens with one attached hydrogen (secondary N) is 1. The summed E-state index contributed by atoms with van der Waals surface area (Å²) in [5.41, 5.74) is 0.0843. The Balaban J connectivity index is 1.81. The summed E-state index contributed by atoms with van der Waals surface area (Å²) in [5.74, 6) is 0. The predicted molar refractivity (Wildman–Crippen MR) is 73.4 cm³/mol. The quantitative estimate of drug-likeness (QED) is 0.863. The molecular formula is C15H21F3N2. The van der Waals surface area contributed by atoms with Crippen LogP contribution in [0.1, 0.15) is 30.9 Å². The minimum absolute atomic E-state index is 0.397. The Bertz CT molecular complexity index is 441. The van der Waals surface area contributed by atoms with Crippen molar-refractivity contribution >= 4 is 0 Å². The summed E-state index contributed by atoms with van der Waals surface area (Å²) < 4.78 is 37.8. The summed E-state index contributed by atoms with van der Waals surface area (Å²) in [5, 5.41) is 3.23. The first-order chi connectivity index (χ1) is 9.38. The lowest BCUT2D eigenvalue weighted by molar-refractivity contribution is -0.137. The molecule has 0 saturated heterocycles. The molecule has 0 heterocycles. The predicted octanol–water partition coefficient (Wildman–Crippen LogP) is 3.28. The van der Waals surface area contributed by atoms with Gasteiger partial charge in [-0.25, -0.2) is 0 Å². The highest BCUT2D eigenvalue weighted by molar-refractivity contribution is 5.25. The van der Waals surface area contributed by atoms with E-state index in [9.17, 15) is 13.2 Å². The van der Waals surface area contributed by atoms with Crippen molar-refractivity contribution < 1.29 is 13.2 Å². The van der Waals surface area contributed by atoms with Gasteiger partial charge in [0.2, 0.25) is 0 Å². The van der Waals surface area contributed by atoms with Gasteiger partial charge < -0.3 is 5.32 Å². The molecule has 2 rings (SSSR count). The highest BCUT2D eigenvalue weighted by Gasteiger charge is 2.30. The van der Waals surface area contributed by atoms with E-state index in [4.69, 9.17) is 0 Å². The number of alkyl halides is 3. The molecule has 1 atom stereocenters. The first-order valence-electron chi connectivity index (χ1n) is 6.96. The fourth-order valence-electron chi connectivity index (χ4n) is 2.27. The first-order valence-corrected chi connectivity index (χ1v) is 6.96. The Hall–Kier alpha value is -1.07. The smallest absolute Gasteiger partial charge is 0.311 e. The minimum Gasteiger partial charge on any atom is -0.311 e.